The van der Waals surface area contributed by atoms with Gasteiger partial charge in [0, 0.05) is 12.6 Å². The third-order valence-electron chi connectivity index (χ3n) is 2.69. The first-order chi connectivity index (χ1) is 7.07. The van der Waals surface area contributed by atoms with E-state index in [2.05, 4.69) is 56.1 Å². The number of hydrogen-bond acceptors (Lipinski definition) is 1. The van der Waals surface area contributed by atoms with Crippen LogP contribution >= 0.6 is 0 Å². The number of aliphatic imine (C=N–C) groups is 1. The Bertz CT molecular complexity index is 402. The minimum atomic E-state index is 0.228. The van der Waals surface area contributed by atoms with Crippen LogP contribution in [0.5, 0.6) is 0 Å². The van der Waals surface area contributed by atoms with Crippen LogP contribution in [0, 0.1) is 0 Å². The molecule has 1 heteroatoms. The SMILES string of the molecule is CC(C)(C)c1ccc(C2=CCC=N2)cc1. The zero-order chi connectivity index (χ0) is 10.9. The maximum Gasteiger partial charge on any atom is 0.0662 e. The van der Waals surface area contributed by atoms with E-state index in [1.165, 1.54) is 11.1 Å². The Labute approximate surface area is 91.6 Å². The van der Waals surface area contributed by atoms with Gasteiger partial charge >= 0.3 is 0 Å². The van der Waals surface area contributed by atoms with Crippen LogP contribution in [0.15, 0.2) is 35.3 Å². The van der Waals surface area contributed by atoms with Gasteiger partial charge in [0.1, 0.15) is 0 Å². The van der Waals surface area contributed by atoms with E-state index < -0.39 is 0 Å². The van der Waals surface area contributed by atoms with Gasteiger partial charge in [-0.1, -0.05) is 51.1 Å². The largest absolute Gasteiger partial charge is 0.261 e. The molecule has 0 atom stereocenters. The van der Waals surface area contributed by atoms with Crippen molar-refractivity contribution in [3.05, 3.63) is 41.5 Å². The lowest BCUT2D eigenvalue weighted by atomic mass is 9.86. The van der Waals surface area contributed by atoms with Crippen LogP contribution in [0.2, 0.25) is 0 Å². The van der Waals surface area contributed by atoms with E-state index in [-0.39, 0.29) is 5.41 Å². The maximum absolute atomic E-state index is 4.33. The van der Waals surface area contributed by atoms with Crippen LogP contribution in [0.25, 0.3) is 5.70 Å². The van der Waals surface area contributed by atoms with Crippen molar-refractivity contribution < 1.29 is 0 Å². The molecule has 1 aromatic carbocycles. The lowest BCUT2D eigenvalue weighted by molar-refractivity contribution is 0.590. The highest BCUT2D eigenvalue weighted by molar-refractivity contribution is 5.81. The summed E-state index contributed by atoms with van der Waals surface area (Å²) in [6.45, 7) is 6.69. The molecule has 1 nitrogen and oxygen atoms in total. The molecule has 0 unspecified atom stereocenters. The smallest absolute Gasteiger partial charge is 0.0662 e. The van der Waals surface area contributed by atoms with Gasteiger partial charge in [0.25, 0.3) is 0 Å². The van der Waals surface area contributed by atoms with Crippen molar-refractivity contribution in [2.24, 2.45) is 4.99 Å². The number of hydrogen-bond donors (Lipinski definition) is 0. The van der Waals surface area contributed by atoms with E-state index in [1.807, 2.05) is 6.21 Å². The number of nitrogens with zero attached hydrogens (tertiary/aromatic N) is 1. The Hall–Kier alpha value is -1.37. The Morgan fingerprint density at radius 2 is 1.73 bits per heavy atom. The molecular formula is C14H17N. The summed E-state index contributed by atoms with van der Waals surface area (Å²) in [6, 6.07) is 8.72. The van der Waals surface area contributed by atoms with Gasteiger partial charge in [-0.15, -0.1) is 0 Å². The second-order valence-electron chi connectivity index (χ2n) is 4.96. The van der Waals surface area contributed by atoms with Crippen LogP contribution < -0.4 is 0 Å². The predicted molar refractivity (Wildman–Crippen MR) is 66.2 cm³/mol. The molecule has 0 saturated heterocycles. The fourth-order valence-electron chi connectivity index (χ4n) is 1.70. The molecule has 0 N–H and O–H groups in total. The first kappa shape index (κ1) is 10.2. The zero-order valence-corrected chi connectivity index (χ0v) is 9.62. The Balaban J connectivity index is 2.28. The quantitative estimate of drug-likeness (QED) is 0.652. The van der Waals surface area contributed by atoms with Crippen molar-refractivity contribution in [1.29, 1.82) is 0 Å². The van der Waals surface area contributed by atoms with Crippen LogP contribution in [0.3, 0.4) is 0 Å². The Morgan fingerprint density at radius 3 is 2.20 bits per heavy atom. The Morgan fingerprint density at radius 1 is 1.07 bits per heavy atom. The predicted octanol–water partition coefficient (Wildman–Crippen LogP) is 3.80. The normalized spacial score (nSPS) is 15.5. The van der Waals surface area contributed by atoms with Crippen molar-refractivity contribution in [3.8, 4) is 0 Å². The monoisotopic (exact) mass is 199 g/mol. The first-order valence-electron chi connectivity index (χ1n) is 5.41. The average Bonchev–Trinajstić information content (AvgIpc) is 2.69. The maximum atomic E-state index is 4.33. The van der Waals surface area contributed by atoms with Gasteiger partial charge < -0.3 is 0 Å². The Kier molecular flexibility index (Phi) is 2.47. The fourth-order valence-corrected chi connectivity index (χ4v) is 1.70. The molecule has 15 heavy (non-hydrogen) atoms. The molecule has 78 valence electrons. The van der Waals surface area contributed by atoms with Gasteiger partial charge in [-0.2, -0.15) is 0 Å². The van der Waals surface area contributed by atoms with E-state index in [4.69, 9.17) is 0 Å². The van der Waals surface area contributed by atoms with Crippen molar-refractivity contribution in [2.45, 2.75) is 32.6 Å². The molecule has 1 heterocycles. The van der Waals surface area contributed by atoms with Gasteiger partial charge in [-0.05, 0) is 16.5 Å². The van der Waals surface area contributed by atoms with Gasteiger partial charge in [0.2, 0.25) is 0 Å². The van der Waals surface area contributed by atoms with Crippen molar-refractivity contribution in [3.63, 3.8) is 0 Å². The molecule has 2 rings (SSSR count). The summed E-state index contributed by atoms with van der Waals surface area (Å²) in [6.07, 6.45) is 5.08. The van der Waals surface area contributed by atoms with Crippen molar-refractivity contribution in [2.75, 3.05) is 0 Å². The topological polar surface area (TPSA) is 12.4 Å². The summed E-state index contributed by atoms with van der Waals surface area (Å²) in [4.78, 5) is 4.33. The summed E-state index contributed by atoms with van der Waals surface area (Å²) in [5, 5.41) is 0. The third kappa shape index (κ3) is 2.17. The van der Waals surface area contributed by atoms with E-state index >= 15 is 0 Å². The number of benzene rings is 1. The van der Waals surface area contributed by atoms with Gasteiger partial charge in [0.15, 0.2) is 0 Å². The highest BCUT2D eigenvalue weighted by atomic mass is 14.7. The second kappa shape index (κ2) is 3.65. The van der Waals surface area contributed by atoms with E-state index in [0.29, 0.717) is 0 Å². The summed E-state index contributed by atoms with van der Waals surface area (Å²) in [7, 11) is 0. The molecule has 0 aromatic heterocycles. The van der Waals surface area contributed by atoms with Crippen molar-refractivity contribution >= 4 is 11.9 Å². The summed E-state index contributed by atoms with van der Waals surface area (Å²) in [5.74, 6) is 0. The standard InChI is InChI=1S/C14H17N/c1-14(2,3)12-8-6-11(7-9-12)13-5-4-10-15-13/h5-10H,4H2,1-3H3. The van der Waals surface area contributed by atoms with Crippen LogP contribution in [-0.2, 0) is 5.41 Å². The molecule has 1 aliphatic rings. The minimum Gasteiger partial charge on any atom is -0.261 e. The van der Waals surface area contributed by atoms with Gasteiger partial charge in [-0.25, -0.2) is 0 Å². The molecular weight excluding hydrogens is 182 g/mol. The highest BCUT2D eigenvalue weighted by Crippen LogP contribution is 2.25. The molecule has 1 aliphatic heterocycles. The molecule has 0 bridgehead atoms. The van der Waals surface area contributed by atoms with E-state index in [9.17, 15) is 0 Å². The molecule has 0 saturated carbocycles. The van der Waals surface area contributed by atoms with E-state index in [1.54, 1.807) is 0 Å². The summed E-state index contributed by atoms with van der Waals surface area (Å²) >= 11 is 0. The summed E-state index contributed by atoms with van der Waals surface area (Å²) in [5.41, 5.74) is 3.92. The fraction of sp³-hybridized carbons (Fsp3) is 0.357. The van der Waals surface area contributed by atoms with Gasteiger partial charge in [-0.3, -0.25) is 4.99 Å². The van der Waals surface area contributed by atoms with E-state index in [0.717, 1.165) is 12.1 Å². The first-order valence-corrected chi connectivity index (χ1v) is 5.41. The molecule has 0 fully saturated rings. The molecule has 1 aromatic rings. The van der Waals surface area contributed by atoms with Crippen LogP contribution in [0.4, 0.5) is 0 Å². The highest BCUT2D eigenvalue weighted by Gasteiger charge is 2.13. The third-order valence-corrected chi connectivity index (χ3v) is 2.69. The van der Waals surface area contributed by atoms with Crippen molar-refractivity contribution in [1.82, 2.24) is 0 Å². The second-order valence-corrected chi connectivity index (χ2v) is 4.96. The number of rotatable bonds is 1. The lowest BCUT2D eigenvalue weighted by Crippen LogP contribution is -2.10. The molecule has 0 spiro atoms. The minimum absolute atomic E-state index is 0.228. The summed E-state index contributed by atoms with van der Waals surface area (Å²) < 4.78 is 0. The zero-order valence-electron chi connectivity index (χ0n) is 9.62. The molecule has 0 radical (unpaired) electrons. The number of allylic oxidation sites excluding steroid dienone is 1. The molecule has 0 amide bonds. The van der Waals surface area contributed by atoms with Crippen LogP contribution in [0.1, 0.15) is 38.3 Å². The van der Waals surface area contributed by atoms with Crippen LogP contribution in [-0.4, -0.2) is 6.21 Å². The molecule has 0 aliphatic carbocycles. The lowest BCUT2D eigenvalue weighted by Gasteiger charge is -2.19. The van der Waals surface area contributed by atoms with Gasteiger partial charge in [0.05, 0.1) is 5.70 Å². The average molecular weight is 199 g/mol.